The first-order chi connectivity index (χ1) is 4.93. The van der Waals surface area contributed by atoms with Crippen molar-refractivity contribution < 1.29 is 0 Å². The van der Waals surface area contributed by atoms with E-state index < -0.39 is 0 Å². The molecule has 1 aromatic rings. The summed E-state index contributed by atoms with van der Waals surface area (Å²) in [6.45, 7) is 2.19. The van der Waals surface area contributed by atoms with Gasteiger partial charge in [-0.1, -0.05) is 6.07 Å². The maximum Gasteiger partial charge on any atom is 0.132 e. The molecule has 0 amide bonds. The number of nitrogens with zero attached hydrogens (tertiary/aromatic N) is 1. The van der Waals surface area contributed by atoms with Crippen LogP contribution in [0.3, 0.4) is 0 Å². The molecule has 0 bridgehead atoms. The standard InChI is InChI=1S/C8H11NS/c1-2-10-7-8-4-3-5-9-6-8/h3-6H,2,7H2,1H3/p+1. The Labute approximate surface area is 65.9 Å². The van der Waals surface area contributed by atoms with E-state index in [1.165, 1.54) is 23.1 Å². The van der Waals surface area contributed by atoms with Gasteiger partial charge < -0.3 is 0 Å². The molecule has 0 aliphatic rings. The fraction of sp³-hybridized carbons (Fsp3) is 0.375. The molecule has 1 nitrogen and oxygen atoms in total. The molecule has 0 saturated heterocycles. The van der Waals surface area contributed by atoms with E-state index in [0.717, 1.165) is 5.75 Å². The average Bonchev–Trinajstić information content (AvgIpc) is 2.03. The molecule has 0 aromatic carbocycles. The predicted molar refractivity (Wildman–Crippen MR) is 47.2 cm³/mol. The van der Waals surface area contributed by atoms with Crippen molar-refractivity contribution in [2.24, 2.45) is 0 Å². The Kier molecular flexibility index (Phi) is 3.30. The van der Waals surface area contributed by atoms with Crippen molar-refractivity contribution in [3.8, 4) is 0 Å². The Hall–Kier alpha value is -0.500. The molecule has 0 aliphatic carbocycles. The third-order valence-electron chi connectivity index (χ3n) is 1.24. The second kappa shape index (κ2) is 4.34. The number of pyridine rings is 1. The van der Waals surface area contributed by atoms with Crippen LogP contribution in [0, 0.1) is 0 Å². The highest BCUT2D eigenvalue weighted by molar-refractivity contribution is 7.77. The van der Waals surface area contributed by atoms with Gasteiger partial charge in [-0.15, -0.1) is 0 Å². The third-order valence-corrected chi connectivity index (χ3v) is 2.28. The van der Waals surface area contributed by atoms with Crippen LogP contribution in [0.15, 0.2) is 24.5 Å². The summed E-state index contributed by atoms with van der Waals surface area (Å²) in [4.78, 5) is 4.03. The molecule has 0 saturated carbocycles. The van der Waals surface area contributed by atoms with Gasteiger partial charge in [-0.25, -0.2) is 0 Å². The highest BCUT2D eigenvalue weighted by Gasteiger charge is 1.95. The van der Waals surface area contributed by atoms with Crippen molar-refractivity contribution in [3.63, 3.8) is 0 Å². The lowest BCUT2D eigenvalue weighted by molar-refractivity contribution is 1.25. The van der Waals surface area contributed by atoms with Crippen molar-refractivity contribution in [2.45, 2.75) is 12.7 Å². The van der Waals surface area contributed by atoms with Crippen molar-refractivity contribution in [1.29, 1.82) is 0 Å². The molecule has 0 N–H and O–H groups in total. The predicted octanol–water partition coefficient (Wildman–Crippen LogP) is 1.42. The average molecular weight is 154 g/mol. The van der Waals surface area contributed by atoms with Crippen LogP contribution in [0.5, 0.6) is 0 Å². The summed E-state index contributed by atoms with van der Waals surface area (Å²) in [7, 11) is 0. The highest BCUT2D eigenvalue weighted by Crippen LogP contribution is 1.97. The minimum atomic E-state index is 1.14. The fourth-order valence-electron chi connectivity index (χ4n) is 0.733. The lowest BCUT2D eigenvalue weighted by Crippen LogP contribution is -1.89. The van der Waals surface area contributed by atoms with Crippen LogP contribution in [0.4, 0.5) is 0 Å². The lowest BCUT2D eigenvalue weighted by Gasteiger charge is -1.89. The van der Waals surface area contributed by atoms with Gasteiger partial charge in [-0.3, -0.25) is 4.98 Å². The molecule has 2 heteroatoms. The van der Waals surface area contributed by atoms with E-state index in [2.05, 4.69) is 18.0 Å². The molecule has 1 heterocycles. The molecule has 0 spiro atoms. The molecule has 0 fully saturated rings. The quantitative estimate of drug-likeness (QED) is 0.474. The first-order valence-corrected chi connectivity index (χ1v) is 4.72. The Bertz CT molecular complexity index is 174. The van der Waals surface area contributed by atoms with Crippen molar-refractivity contribution in [1.82, 2.24) is 4.98 Å². The van der Waals surface area contributed by atoms with Gasteiger partial charge in [-0.05, 0) is 24.8 Å². The normalized spacial score (nSPS) is 9.70. The van der Waals surface area contributed by atoms with E-state index in [1.54, 1.807) is 0 Å². The molecular weight excluding hydrogens is 142 g/mol. The van der Waals surface area contributed by atoms with Crippen LogP contribution >= 0.6 is 0 Å². The lowest BCUT2D eigenvalue weighted by atomic mass is 10.3. The minimum absolute atomic E-state index is 1.14. The largest absolute Gasteiger partial charge is 0.264 e. The topological polar surface area (TPSA) is 12.9 Å². The summed E-state index contributed by atoms with van der Waals surface area (Å²) in [6.07, 6.45) is 3.75. The van der Waals surface area contributed by atoms with Gasteiger partial charge in [0.1, 0.15) is 11.5 Å². The number of hydrogen-bond donors (Lipinski definition) is 0. The molecule has 0 atom stereocenters. The zero-order chi connectivity index (χ0) is 7.23. The molecule has 0 aliphatic heterocycles. The monoisotopic (exact) mass is 154 g/mol. The van der Waals surface area contributed by atoms with E-state index in [1.807, 2.05) is 18.5 Å². The van der Waals surface area contributed by atoms with Gasteiger partial charge in [0.25, 0.3) is 0 Å². The SMILES string of the molecule is CC[SH+]Cc1cccnc1. The Morgan fingerprint density at radius 1 is 1.60 bits per heavy atom. The van der Waals surface area contributed by atoms with Crippen molar-refractivity contribution >= 4 is 11.8 Å². The van der Waals surface area contributed by atoms with Crippen LogP contribution in [0.2, 0.25) is 0 Å². The van der Waals surface area contributed by atoms with Gasteiger partial charge >= 0.3 is 0 Å². The molecule has 1 rings (SSSR count). The summed E-state index contributed by atoms with van der Waals surface area (Å²) < 4.78 is 0. The number of aromatic nitrogens is 1. The molecule has 1 aromatic heterocycles. The van der Waals surface area contributed by atoms with Crippen LogP contribution in [-0.2, 0) is 17.5 Å². The van der Waals surface area contributed by atoms with Gasteiger partial charge in [-0.2, -0.15) is 0 Å². The van der Waals surface area contributed by atoms with E-state index >= 15 is 0 Å². The first kappa shape index (κ1) is 7.61. The van der Waals surface area contributed by atoms with Crippen LogP contribution in [0.1, 0.15) is 12.5 Å². The smallest absolute Gasteiger partial charge is 0.132 e. The van der Waals surface area contributed by atoms with Crippen molar-refractivity contribution in [2.75, 3.05) is 5.75 Å². The molecule has 54 valence electrons. The van der Waals surface area contributed by atoms with Crippen LogP contribution < -0.4 is 0 Å². The molecular formula is C8H12NS+. The fourth-order valence-corrected chi connectivity index (χ4v) is 1.40. The van der Waals surface area contributed by atoms with Gasteiger partial charge in [0, 0.05) is 18.0 Å². The maximum atomic E-state index is 4.03. The second-order valence-corrected chi connectivity index (χ2v) is 3.46. The van der Waals surface area contributed by atoms with E-state index in [4.69, 9.17) is 0 Å². The highest BCUT2D eigenvalue weighted by atomic mass is 32.2. The molecule has 0 radical (unpaired) electrons. The second-order valence-electron chi connectivity index (χ2n) is 2.06. The Morgan fingerprint density at radius 3 is 3.10 bits per heavy atom. The summed E-state index contributed by atoms with van der Waals surface area (Å²) in [5.74, 6) is 2.37. The molecule has 0 unspecified atom stereocenters. The number of rotatable bonds is 3. The van der Waals surface area contributed by atoms with Crippen molar-refractivity contribution in [3.05, 3.63) is 30.1 Å². The Balaban J connectivity index is 2.43. The molecule has 10 heavy (non-hydrogen) atoms. The summed E-state index contributed by atoms with van der Waals surface area (Å²) in [6, 6.07) is 4.11. The first-order valence-electron chi connectivity index (χ1n) is 3.45. The van der Waals surface area contributed by atoms with E-state index in [0.29, 0.717) is 0 Å². The maximum absolute atomic E-state index is 4.03. The van der Waals surface area contributed by atoms with Crippen LogP contribution in [-0.4, -0.2) is 10.7 Å². The Morgan fingerprint density at radius 2 is 2.50 bits per heavy atom. The third kappa shape index (κ3) is 2.40. The number of thiol groups is 1. The number of hydrogen-bond acceptors (Lipinski definition) is 1. The summed E-state index contributed by atoms with van der Waals surface area (Å²) in [5, 5.41) is 0. The zero-order valence-electron chi connectivity index (χ0n) is 6.12. The zero-order valence-corrected chi connectivity index (χ0v) is 7.01. The minimum Gasteiger partial charge on any atom is -0.264 e. The van der Waals surface area contributed by atoms with Gasteiger partial charge in [0.2, 0.25) is 0 Å². The van der Waals surface area contributed by atoms with Crippen LogP contribution in [0.25, 0.3) is 0 Å². The van der Waals surface area contributed by atoms with E-state index in [9.17, 15) is 0 Å². The van der Waals surface area contributed by atoms with Gasteiger partial charge in [0.05, 0.1) is 0 Å². The summed E-state index contributed by atoms with van der Waals surface area (Å²) >= 11 is 1.49. The summed E-state index contributed by atoms with van der Waals surface area (Å²) in [5.41, 5.74) is 1.34. The van der Waals surface area contributed by atoms with E-state index in [-0.39, 0.29) is 0 Å². The van der Waals surface area contributed by atoms with Gasteiger partial charge in [0.15, 0.2) is 0 Å².